The molecule has 1 N–H and O–H groups in total. The summed E-state index contributed by atoms with van der Waals surface area (Å²) in [7, 11) is -1.03. The zero-order valence-electron chi connectivity index (χ0n) is 9.43. The van der Waals surface area contributed by atoms with Crippen LogP contribution in [0.3, 0.4) is 0 Å². The molecular weight excluding hydrogens is 228 g/mol. The van der Waals surface area contributed by atoms with Crippen LogP contribution in [0.2, 0.25) is 0 Å². The van der Waals surface area contributed by atoms with E-state index in [2.05, 4.69) is 10.3 Å². The molecule has 2 heterocycles. The van der Waals surface area contributed by atoms with Gasteiger partial charge in [0.15, 0.2) is 15.7 Å². The normalized spacial score (nSPS) is 25.8. The predicted molar refractivity (Wildman–Crippen MR) is 60.0 cm³/mol. The fourth-order valence-corrected chi connectivity index (χ4v) is 3.56. The molecule has 1 aromatic rings. The maximum atomic E-state index is 11.3. The lowest BCUT2D eigenvalue weighted by molar-refractivity contribution is 0.460. The molecule has 0 amide bonds. The summed E-state index contributed by atoms with van der Waals surface area (Å²) in [4.78, 5) is 4.33. The quantitative estimate of drug-likeness (QED) is 0.853. The van der Waals surface area contributed by atoms with Gasteiger partial charge in [-0.1, -0.05) is 0 Å². The first-order valence-electron chi connectivity index (χ1n) is 5.35. The van der Waals surface area contributed by atoms with Crippen LogP contribution in [0.25, 0.3) is 0 Å². The first kappa shape index (κ1) is 11.6. The van der Waals surface area contributed by atoms with Gasteiger partial charge in [0.1, 0.15) is 6.26 Å². The van der Waals surface area contributed by atoms with Crippen LogP contribution >= 0.6 is 0 Å². The second kappa shape index (κ2) is 4.18. The fraction of sp³-hybridized carbons (Fsp3) is 0.700. The summed E-state index contributed by atoms with van der Waals surface area (Å²) in [6, 6.07) is 0.121. The third-order valence-corrected chi connectivity index (χ3v) is 4.77. The summed E-state index contributed by atoms with van der Waals surface area (Å²) in [6.45, 7) is 1.98. The largest absolute Gasteiger partial charge is 0.448 e. The summed E-state index contributed by atoms with van der Waals surface area (Å²) in [5, 5.41) is 3.06. The van der Waals surface area contributed by atoms with Crippen molar-refractivity contribution >= 4 is 9.84 Å². The van der Waals surface area contributed by atoms with E-state index in [-0.39, 0.29) is 23.5 Å². The number of oxazole rings is 1. The minimum Gasteiger partial charge on any atom is -0.448 e. The maximum Gasteiger partial charge on any atom is 0.198 e. The van der Waals surface area contributed by atoms with Crippen LogP contribution in [-0.4, -0.2) is 32.0 Å². The van der Waals surface area contributed by atoms with Gasteiger partial charge in [0.25, 0.3) is 0 Å². The van der Waals surface area contributed by atoms with E-state index in [1.165, 1.54) is 0 Å². The molecular formula is C10H16N2O3S. The van der Waals surface area contributed by atoms with E-state index in [9.17, 15) is 8.42 Å². The third kappa shape index (κ3) is 2.27. The summed E-state index contributed by atoms with van der Waals surface area (Å²) in [5.41, 5.74) is 0.821. The van der Waals surface area contributed by atoms with E-state index in [1.54, 1.807) is 6.26 Å². The van der Waals surface area contributed by atoms with Gasteiger partial charge in [0, 0.05) is 6.04 Å². The van der Waals surface area contributed by atoms with Crippen molar-refractivity contribution < 1.29 is 12.8 Å². The molecule has 90 valence electrons. The van der Waals surface area contributed by atoms with E-state index < -0.39 is 9.84 Å². The molecule has 1 aromatic heterocycles. The second-order valence-electron chi connectivity index (χ2n) is 4.22. The Morgan fingerprint density at radius 2 is 2.38 bits per heavy atom. The molecule has 0 saturated carbocycles. The fourth-order valence-electron chi connectivity index (χ4n) is 1.82. The standard InChI is InChI=1S/C10H16N2O3S/c1-7(11-2)9-5-15-10(12-9)8-3-4-16(13,14)6-8/h5,7-8,11H,3-4,6H2,1-2H3. The Morgan fingerprint density at radius 1 is 1.62 bits per heavy atom. The van der Waals surface area contributed by atoms with Crippen molar-refractivity contribution in [3.8, 4) is 0 Å². The number of nitrogens with zero attached hydrogens (tertiary/aromatic N) is 1. The van der Waals surface area contributed by atoms with Crippen molar-refractivity contribution in [2.75, 3.05) is 18.6 Å². The Hall–Kier alpha value is -0.880. The summed E-state index contributed by atoms with van der Waals surface area (Å²) >= 11 is 0. The average molecular weight is 244 g/mol. The minimum atomic E-state index is -2.88. The Bertz CT molecular complexity index is 466. The molecule has 0 spiro atoms. The third-order valence-electron chi connectivity index (χ3n) is 3.00. The molecule has 1 saturated heterocycles. The lowest BCUT2D eigenvalue weighted by atomic mass is 10.1. The van der Waals surface area contributed by atoms with Crippen LogP contribution in [0.15, 0.2) is 10.7 Å². The van der Waals surface area contributed by atoms with Gasteiger partial charge in [-0.3, -0.25) is 0 Å². The molecule has 5 nitrogen and oxygen atoms in total. The van der Waals surface area contributed by atoms with Crippen molar-refractivity contribution in [2.24, 2.45) is 0 Å². The highest BCUT2D eigenvalue weighted by molar-refractivity contribution is 7.91. The van der Waals surface area contributed by atoms with Gasteiger partial charge in [0.2, 0.25) is 0 Å². The van der Waals surface area contributed by atoms with E-state index in [1.807, 2.05) is 14.0 Å². The highest BCUT2D eigenvalue weighted by Crippen LogP contribution is 2.28. The Morgan fingerprint density at radius 3 is 2.94 bits per heavy atom. The molecule has 0 radical (unpaired) electrons. The van der Waals surface area contributed by atoms with Gasteiger partial charge < -0.3 is 9.73 Å². The highest BCUT2D eigenvalue weighted by Gasteiger charge is 2.32. The van der Waals surface area contributed by atoms with Crippen LogP contribution in [0.5, 0.6) is 0 Å². The van der Waals surface area contributed by atoms with Gasteiger partial charge in [-0.2, -0.15) is 0 Å². The number of nitrogens with one attached hydrogen (secondary N) is 1. The topological polar surface area (TPSA) is 72.2 Å². The molecule has 1 aliphatic heterocycles. The summed E-state index contributed by atoms with van der Waals surface area (Å²) < 4.78 is 28.0. The highest BCUT2D eigenvalue weighted by atomic mass is 32.2. The number of rotatable bonds is 3. The molecule has 16 heavy (non-hydrogen) atoms. The smallest absolute Gasteiger partial charge is 0.198 e. The van der Waals surface area contributed by atoms with E-state index in [0.717, 1.165) is 5.69 Å². The van der Waals surface area contributed by atoms with Crippen molar-refractivity contribution in [1.82, 2.24) is 10.3 Å². The number of sulfone groups is 1. The first-order chi connectivity index (χ1) is 7.52. The van der Waals surface area contributed by atoms with Gasteiger partial charge >= 0.3 is 0 Å². The molecule has 6 heteroatoms. The molecule has 0 aliphatic carbocycles. The number of hydrogen-bond donors (Lipinski definition) is 1. The number of hydrogen-bond acceptors (Lipinski definition) is 5. The SMILES string of the molecule is CNC(C)c1coc(C2CCS(=O)(=O)C2)n1. The zero-order valence-corrected chi connectivity index (χ0v) is 10.3. The van der Waals surface area contributed by atoms with Crippen molar-refractivity contribution in [2.45, 2.75) is 25.3 Å². The van der Waals surface area contributed by atoms with Crippen LogP contribution in [-0.2, 0) is 9.84 Å². The summed E-state index contributed by atoms with van der Waals surface area (Å²) in [5.74, 6) is 0.902. The zero-order chi connectivity index (χ0) is 11.8. The Labute approximate surface area is 95.2 Å². The average Bonchev–Trinajstić information content (AvgIpc) is 2.83. The molecule has 2 unspecified atom stereocenters. The van der Waals surface area contributed by atoms with E-state index in [4.69, 9.17) is 4.42 Å². The maximum absolute atomic E-state index is 11.3. The summed E-state index contributed by atoms with van der Waals surface area (Å²) in [6.07, 6.45) is 2.22. The second-order valence-corrected chi connectivity index (χ2v) is 6.45. The van der Waals surface area contributed by atoms with Crippen molar-refractivity contribution in [3.05, 3.63) is 17.8 Å². The van der Waals surface area contributed by atoms with Crippen molar-refractivity contribution in [3.63, 3.8) is 0 Å². The number of aromatic nitrogens is 1. The van der Waals surface area contributed by atoms with Gasteiger partial charge in [-0.25, -0.2) is 13.4 Å². The minimum absolute atomic E-state index is 0.0668. The van der Waals surface area contributed by atoms with E-state index in [0.29, 0.717) is 12.3 Å². The van der Waals surface area contributed by atoms with Crippen LogP contribution in [0.1, 0.15) is 36.9 Å². The lowest BCUT2D eigenvalue weighted by Gasteiger charge is -2.04. The first-order valence-corrected chi connectivity index (χ1v) is 7.17. The molecule has 2 atom stereocenters. The van der Waals surface area contributed by atoms with Crippen LogP contribution < -0.4 is 5.32 Å². The molecule has 1 aliphatic rings. The van der Waals surface area contributed by atoms with Gasteiger partial charge in [-0.05, 0) is 20.4 Å². The predicted octanol–water partition coefficient (Wildman–Crippen LogP) is 0.857. The van der Waals surface area contributed by atoms with Crippen LogP contribution in [0.4, 0.5) is 0 Å². The van der Waals surface area contributed by atoms with Crippen molar-refractivity contribution in [1.29, 1.82) is 0 Å². The molecule has 2 rings (SSSR count). The van der Waals surface area contributed by atoms with E-state index >= 15 is 0 Å². The van der Waals surface area contributed by atoms with Gasteiger partial charge in [-0.15, -0.1) is 0 Å². The Balaban J connectivity index is 2.14. The van der Waals surface area contributed by atoms with Gasteiger partial charge in [0.05, 0.1) is 23.1 Å². The molecule has 0 bridgehead atoms. The monoisotopic (exact) mass is 244 g/mol. The van der Waals surface area contributed by atoms with Crippen LogP contribution in [0, 0.1) is 0 Å². The molecule has 1 fully saturated rings. The Kier molecular flexibility index (Phi) is 3.03. The lowest BCUT2D eigenvalue weighted by Crippen LogP contribution is -2.13. The molecule has 0 aromatic carbocycles.